The third-order valence-corrected chi connectivity index (χ3v) is 9.07. The number of aromatic nitrogens is 1. The predicted octanol–water partition coefficient (Wildman–Crippen LogP) is 12.6. The van der Waals surface area contributed by atoms with Crippen molar-refractivity contribution in [3.63, 3.8) is 0 Å². The first-order valence-electron chi connectivity index (χ1n) is 16.2. The van der Waals surface area contributed by atoms with Crippen molar-refractivity contribution >= 4 is 49.7 Å². The molecular formula is C45H30N2O. The van der Waals surface area contributed by atoms with Gasteiger partial charge in [0.2, 0.25) is 5.89 Å². The van der Waals surface area contributed by atoms with Gasteiger partial charge in [-0.1, -0.05) is 121 Å². The lowest BCUT2D eigenvalue weighted by molar-refractivity contribution is 0.620. The molecule has 0 atom stereocenters. The lowest BCUT2D eigenvalue weighted by Crippen LogP contribution is -2.11. The molecule has 0 N–H and O–H groups in total. The van der Waals surface area contributed by atoms with Crippen LogP contribution < -0.4 is 4.90 Å². The van der Waals surface area contributed by atoms with E-state index < -0.39 is 0 Å². The highest BCUT2D eigenvalue weighted by Gasteiger charge is 2.19. The summed E-state index contributed by atoms with van der Waals surface area (Å²) in [4.78, 5) is 7.30. The Hall–Kier alpha value is -6.45. The van der Waals surface area contributed by atoms with Crippen molar-refractivity contribution in [1.82, 2.24) is 4.98 Å². The number of para-hydroxylation sites is 1. The van der Waals surface area contributed by atoms with Crippen LogP contribution in [0.25, 0.3) is 66.4 Å². The molecule has 0 saturated heterocycles. The molecule has 0 saturated carbocycles. The molecule has 3 heteroatoms. The number of hydrogen-bond donors (Lipinski definition) is 0. The van der Waals surface area contributed by atoms with Crippen LogP contribution in [0.4, 0.5) is 17.1 Å². The zero-order chi connectivity index (χ0) is 31.9. The molecule has 0 aliphatic rings. The number of rotatable bonds is 6. The van der Waals surface area contributed by atoms with E-state index in [1.54, 1.807) is 0 Å². The molecule has 8 aromatic carbocycles. The number of fused-ring (bicyclic) bond motifs is 4. The van der Waals surface area contributed by atoms with Crippen LogP contribution in [0, 0.1) is 0 Å². The van der Waals surface area contributed by atoms with E-state index in [9.17, 15) is 0 Å². The second-order valence-electron chi connectivity index (χ2n) is 12.0. The summed E-state index contributed by atoms with van der Waals surface area (Å²) in [5.41, 5.74) is 10.6. The van der Waals surface area contributed by atoms with Crippen molar-refractivity contribution in [2.45, 2.75) is 0 Å². The van der Waals surface area contributed by atoms with Gasteiger partial charge in [0.05, 0.1) is 5.69 Å². The van der Waals surface area contributed by atoms with Crippen molar-refractivity contribution in [2.24, 2.45) is 0 Å². The van der Waals surface area contributed by atoms with Gasteiger partial charge < -0.3 is 9.32 Å². The van der Waals surface area contributed by atoms with Crippen LogP contribution in [-0.2, 0) is 0 Å². The second-order valence-corrected chi connectivity index (χ2v) is 12.0. The Kier molecular flexibility index (Phi) is 6.80. The minimum Gasteiger partial charge on any atom is -0.436 e. The second kappa shape index (κ2) is 11.7. The Morgan fingerprint density at radius 3 is 1.85 bits per heavy atom. The molecule has 0 aliphatic heterocycles. The number of oxazole rings is 1. The molecule has 1 aromatic heterocycles. The first-order valence-corrected chi connectivity index (χ1v) is 16.2. The number of hydrogen-bond acceptors (Lipinski definition) is 3. The van der Waals surface area contributed by atoms with E-state index in [0.29, 0.717) is 5.89 Å². The highest BCUT2D eigenvalue weighted by Crippen LogP contribution is 2.43. The molecular weight excluding hydrogens is 585 g/mol. The topological polar surface area (TPSA) is 29.3 Å². The van der Waals surface area contributed by atoms with E-state index in [4.69, 9.17) is 9.40 Å². The summed E-state index contributed by atoms with van der Waals surface area (Å²) in [6, 6.07) is 64.2. The van der Waals surface area contributed by atoms with Crippen LogP contribution in [0.2, 0.25) is 0 Å². The SMILES string of the molecule is c1ccc(-c2ccc(N(c3ccc4c(ccc5oc(-c6ccccc6)nc54)c3)c3ccccc3-c3ccc4ccccc4c3)cc2)cc1. The minimum atomic E-state index is 0.631. The molecule has 0 radical (unpaired) electrons. The minimum absolute atomic E-state index is 0.631. The molecule has 48 heavy (non-hydrogen) atoms. The fraction of sp³-hybridized carbons (Fsp3) is 0. The molecule has 0 amide bonds. The van der Waals surface area contributed by atoms with Gasteiger partial charge in [0.25, 0.3) is 0 Å². The van der Waals surface area contributed by atoms with E-state index >= 15 is 0 Å². The largest absolute Gasteiger partial charge is 0.436 e. The smallest absolute Gasteiger partial charge is 0.227 e. The van der Waals surface area contributed by atoms with Crippen LogP contribution in [0.3, 0.4) is 0 Å². The summed E-state index contributed by atoms with van der Waals surface area (Å²) in [6.45, 7) is 0. The Bertz CT molecular complexity index is 2550. The molecule has 0 spiro atoms. The van der Waals surface area contributed by atoms with Crippen LogP contribution in [0.15, 0.2) is 186 Å². The zero-order valence-corrected chi connectivity index (χ0v) is 26.1. The molecule has 9 aromatic rings. The summed E-state index contributed by atoms with van der Waals surface area (Å²) in [5, 5.41) is 4.61. The molecule has 3 nitrogen and oxygen atoms in total. The van der Waals surface area contributed by atoms with Crippen molar-refractivity contribution in [3.05, 3.63) is 182 Å². The van der Waals surface area contributed by atoms with Crippen LogP contribution in [-0.4, -0.2) is 4.98 Å². The van der Waals surface area contributed by atoms with Crippen molar-refractivity contribution in [2.75, 3.05) is 4.90 Å². The highest BCUT2D eigenvalue weighted by molar-refractivity contribution is 6.06. The van der Waals surface area contributed by atoms with Gasteiger partial charge in [0.1, 0.15) is 5.52 Å². The summed E-state index contributed by atoms with van der Waals surface area (Å²) >= 11 is 0. The number of anilines is 3. The maximum atomic E-state index is 6.20. The predicted molar refractivity (Wildman–Crippen MR) is 200 cm³/mol. The van der Waals surface area contributed by atoms with Crippen molar-refractivity contribution < 1.29 is 4.42 Å². The summed E-state index contributed by atoms with van der Waals surface area (Å²) < 4.78 is 6.20. The summed E-state index contributed by atoms with van der Waals surface area (Å²) in [5.74, 6) is 0.631. The lowest BCUT2D eigenvalue weighted by atomic mass is 9.98. The Labute approximate surface area is 279 Å². The van der Waals surface area contributed by atoms with E-state index in [0.717, 1.165) is 50.1 Å². The van der Waals surface area contributed by atoms with E-state index in [1.165, 1.54) is 27.5 Å². The first-order chi connectivity index (χ1) is 23.8. The van der Waals surface area contributed by atoms with E-state index in [1.807, 2.05) is 36.4 Å². The molecule has 0 bridgehead atoms. The molecule has 0 fully saturated rings. The zero-order valence-electron chi connectivity index (χ0n) is 26.1. The standard InChI is InChI=1S/C45H30N2O/c1-3-11-31(12-4-1)33-21-24-38(25-22-33)47(42-18-10-9-17-40(42)36-20-19-32-13-7-8-16-35(32)29-36)39-26-27-41-37(30-39)23-28-43-44(41)46-45(48-43)34-14-5-2-6-15-34/h1-30H. The van der Waals surface area contributed by atoms with E-state index in [-0.39, 0.29) is 0 Å². The Morgan fingerprint density at radius 2 is 1.04 bits per heavy atom. The number of nitrogens with zero attached hydrogens (tertiary/aromatic N) is 2. The van der Waals surface area contributed by atoms with Crippen molar-refractivity contribution in [3.8, 4) is 33.7 Å². The lowest BCUT2D eigenvalue weighted by Gasteiger charge is -2.28. The molecule has 0 aliphatic carbocycles. The average Bonchev–Trinajstić information content (AvgIpc) is 3.61. The first kappa shape index (κ1) is 27.8. The maximum Gasteiger partial charge on any atom is 0.227 e. The third-order valence-electron chi connectivity index (χ3n) is 9.07. The van der Waals surface area contributed by atoms with Gasteiger partial charge >= 0.3 is 0 Å². The van der Waals surface area contributed by atoms with Crippen LogP contribution in [0.1, 0.15) is 0 Å². The quantitative estimate of drug-likeness (QED) is 0.187. The maximum absolute atomic E-state index is 6.20. The molecule has 9 rings (SSSR count). The van der Waals surface area contributed by atoms with Gasteiger partial charge in [0.15, 0.2) is 5.58 Å². The number of benzene rings is 8. The molecule has 1 heterocycles. The normalized spacial score (nSPS) is 11.3. The summed E-state index contributed by atoms with van der Waals surface area (Å²) in [7, 11) is 0. The summed E-state index contributed by atoms with van der Waals surface area (Å²) in [6.07, 6.45) is 0. The molecule has 226 valence electrons. The monoisotopic (exact) mass is 614 g/mol. The van der Waals surface area contributed by atoms with Gasteiger partial charge in [-0.2, -0.15) is 0 Å². The molecule has 0 unspecified atom stereocenters. The fourth-order valence-electron chi connectivity index (χ4n) is 6.68. The van der Waals surface area contributed by atoms with Gasteiger partial charge in [0, 0.05) is 27.9 Å². The highest BCUT2D eigenvalue weighted by atomic mass is 16.3. The van der Waals surface area contributed by atoms with Crippen LogP contribution >= 0.6 is 0 Å². The van der Waals surface area contributed by atoms with Gasteiger partial charge in [-0.25, -0.2) is 4.98 Å². The van der Waals surface area contributed by atoms with Crippen LogP contribution in [0.5, 0.6) is 0 Å². The van der Waals surface area contributed by atoms with Gasteiger partial charge in [-0.15, -0.1) is 0 Å². The Balaban J connectivity index is 1.21. The van der Waals surface area contributed by atoms with E-state index in [2.05, 4.69) is 150 Å². The van der Waals surface area contributed by atoms with Gasteiger partial charge in [-0.05, 0) is 93.5 Å². The fourth-order valence-corrected chi connectivity index (χ4v) is 6.68. The third kappa shape index (κ3) is 4.99. The van der Waals surface area contributed by atoms with Crippen molar-refractivity contribution in [1.29, 1.82) is 0 Å². The average molecular weight is 615 g/mol. The van der Waals surface area contributed by atoms with Gasteiger partial charge in [-0.3, -0.25) is 0 Å². The Morgan fingerprint density at radius 1 is 0.417 bits per heavy atom.